The van der Waals surface area contributed by atoms with Crippen molar-refractivity contribution >= 4 is 31.5 Å². The normalized spacial score (nSPS) is 17.8. The zero-order valence-electron chi connectivity index (χ0n) is 7.29. The molecule has 0 spiro atoms. The third-order valence-corrected chi connectivity index (χ3v) is 3.61. The van der Waals surface area contributed by atoms with E-state index in [4.69, 9.17) is 22.3 Å². The molecule has 0 saturated carbocycles. The van der Waals surface area contributed by atoms with Crippen molar-refractivity contribution in [3.8, 4) is 0 Å². The topological polar surface area (TPSA) is 37.4 Å². The van der Waals surface area contributed by atoms with Crippen LogP contribution in [0.4, 0.5) is 0 Å². The molecule has 0 aliphatic rings. The molecule has 6 heteroatoms. The summed E-state index contributed by atoms with van der Waals surface area (Å²) in [5, 5.41) is 0. The molecule has 0 N–H and O–H groups in total. The molecule has 0 amide bonds. The minimum Gasteiger partial charge on any atom is -0.195 e. The van der Waals surface area contributed by atoms with Gasteiger partial charge in [-0.15, -0.1) is 11.6 Å². The van der Waals surface area contributed by atoms with Gasteiger partial charge in [0.15, 0.2) is 0 Å². The molecular formula is C6H13Cl2NO2S. The van der Waals surface area contributed by atoms with Crippen LogP contribution in [0.2, 0.25) is 0 Å². The second-order valence-electron chi connectivity index (χ2n) is 2.60. The van der Waals surface area contributed by atoms with Crippen molar-refractivity contribution < 1.29 is 8.42 Å². The molecule has 2 unspecified atom stereocenters. The molecule has 0 fully saturated rings. The first-order valence-electron chi connectivity index (χ1n) is 3.67. The van der Waals surface area contributed by atoms with Crippen LogP contribution in [0.15, 0.2) is 0 Å². The maximum Gasteiger partial charge on any atom is 0.301 e. The second-order valence-corrected chi connectivity index (χ2v) is 5.65. The molecule has 0 heterocycles. The van der Waals surface area contributed by atoms with Crippen LogP contribution in [-0.4, -0.2) is 24.3 Å². The minimum absolute atomic E-state index is 0.167. The third kappa shape index (κ3) is 3.47. The summed E-state index contributed by atoms with van der Waals surface area (Å²) >= 11 is 5.66. The highest BCUT2D eigenvalue weighted by atomic mass is 35.7. The summed E-state index contributed by atoms with van der Waals surface area (Å²) in [7, 11) is 1.48. The molecule has 2 atom stereocenters. The lowest BCUT2D eigenvalue weighted by molar-refractivity contribution is 0.327. The molecule has 0 rings (SSSR count). The van der Waals surface area contributed by atoms with Gasteiger partial charge < -0.3 is 0 Å². The summed E-state index contributed by atoms with van der Waals surface area (Å²) in [6, 6.07) is -0.167. The molecule has 0 aromatic rings. The van der Waals surface area contributed by atoms with Gasteiger partial charge >= 0.3 is 9.24 Å². The Morgan fingerprint density at radius 1 is 1.42 bits per heavy atom. The fourth-order valence-electron chi connectivity index (χ4n) is 0.919. The fourth-order valence-corrected chi connectivity index (χ4v) is 3.24. The summed E-state index contributed by atoms with van der Waals surface area (Å²) in [6.07, 6.45) is 0.684. The smallest absolute Gasteiger partial charge is 0.195 e. The molecule has 0 saturated heterocycles. The van der Waals surface area contributed by atoms with E-state index in [9.17, 15) is 8.42 Å². The molecule has 0 radical (unpaired) electrons. The Balaban J connectivity index is 4.69. The standard InChI is InChI=1S/C6H13Cl2NO2S/c1-4-5(2)9(6(3)7)12(8,10)11/h5-6H,4H2,1-3H3. The van der Waals surface area contributed by atoms with Gasteiger partial charge in [-0.3, -0.25) is 0 Å². The van der Waals surface area contributed by atoms with Crippen LogP contribution in [0.5, 0.6) is 0 Å². The number of hydrogen-bond acceptors (Lipinski definition) is 2. The van der Waals surface area contributed by atoms with Crippen molar-refractivity contribution in [1.29, 1.82) is 0 Å². The van der Waals surface area contributed by atoms with E-state index < -0.39 is 14.7 Å². The predicted molar refractivity (Wildman–Crippen MR) is 51.7 cm³/mol. The van der Waals surface area contributed by atoms with E-state index in [1.807, 2.05) is 6.92 Å². The van der Waals surface area contributed by atoms with E-state index in [2.05, 4.69) is 0 Å². The zero-order chi connectivity index (χ0) is 9.94. The average molecular weight is 234 g/mol. The molecule has 0 aromatic carbocycles. The van der Waals surface area contributed by atoms with E-state index in [0.717, 1.165) is 4.31 Å². The SMILES string of the molecule is CCC(C)N(C(C)Cl)S(=O)(=O)Cl. The van der Waals surface area contributed by atoms with Crippen LogP contribution < -0.4 is 0 Å². The van der Waals surface area contributed by atoms with Crippen LogP contribution in [-0.2, 0) is 9.24 Å². The van der Waals surface area contributed by atoms with Crippen LogP contribution >= 0.6 is 22.3 Å². The first kappa shape index (κ1) is 12.5. The quantitative estimate of drug-likeness (QED) is 0.424. The van der Waals surface area contributed by atoms with Gasteiger partial charge in [-0.05, 0) is 20.3 Å². The highest BCUT2D eigenvalue weighted by Gasteiger charge is 2.27. The molecule has 3 nitrogen and oxygen atoms in total. The van der Waals surface area contributed by atoms with Crippen molar-refractivity contribution in [1.82, 2.24) is 4.31 Å². The summed E-state index contributed by atoms with van der Waals surface area (Å²) in [5.74, 6) is 0. The Morgan fingerprint density at radius 3 is 1.92 bits per heavy atom. The zero-order valence-corrected chi connectivity index (χ0v) is 9.62. The molecule has 0 aliphatic heterocycles. The minimum atomic E-state index is -3.70. The van der Waals surface area contributed by atoms with Crippen LogP contribution in [0.3, 0.4) is 0 Å². The molecule has 0 aromatic heterocycles. The maximum atomic E-state index is 11.0. The predicted octanol–water partition coefficient (Wildman–Crippen LogP) is 2.16. The van der Waals surface area contributed by atoms with Crippen molar-refractivity contribution in [2.75, 3.05) is 0 Å². The van der Waals surface area contributed by atoms with Gasteiger partial charge in [0.1, 0.15) is 0 Å². The lowest BCUT2D eigenvalue weighted by Gasteiger charge is -2.26. The van der Waals surface area contributed by atoms with E-state index in [1.165, 1.54) is 0 Å². The summed E-state index contributed by atoms with van der Waals surface area (Å²) in [4.78, 5) is 0. The highest BCUT2D eigenvalue weighted by Crippen LogP contribution is 2.19. The Bertz CT molecular complexity index is 228. The van der Waals surface area contributed by atoms with E-state index >= 15 is 0 Å². The lowest BCUT2D eigenvalue weighted by atomic mass is 10.3. The van der Waals surface area contributed by atoms with Crippen LogP contribution in [0.25, 0.3) is 0 Å². The average Bonchev–Trinajstić information content (AvgIpc) is 1.83. The Kier molecular flexibility index (Phi) is 4.84. The molecule has 74 valence electrons. The maximum absolute atomic E-state index is 11.0. The summed E-state index contributed by atoms with van der Waals surface area (Å²) in [5.41, 5.74) is -0.609. The Hall–Kier alpha value is 0.490. The highest BCUT2D eigenvalue weighted by molar-refractivity contribution is 8.11. The van der Waals surface area contributed by atoms with Gasteiger partial charge in [0.05, 0.1) is 5.50 Å². The number of alkyl halides is 1. The van der Waals surface area contributed by atoms with Crippen LogP contribution in [0, 0.1) is 0 Å². The van der Waals surface area contributed by atoms with Crippen molar-refractivity contribution in [3.05, 3.63) is 0 Å². The third-order valence-electron chi connectivity index (χ3n) is 1.63. The first-order chi connectivity index (χ1) is 5.30. The van der Waals surface area contributed by atoms with Gasteiger partial charge in [0.2, 0.25) is 0 Å². The fraction of sp³-hybridized carbons (Fsp3) is 1.00. The number of rotatable bonds is 4. The van der Waals surface area contributed by atoms with Gasteiger partial charge in [-0.1, -0.05) is 6.92 Å². The van der Waals surface area contributed by atoms with Crippen LogP contribution in [0.1, 0.15) is 27.2 Å². The van der Waals surface area contributed by atoms with E-state index in [0.29, 0.717) is 6.42 Å². The number of halogens is 2. The lowest BCUT2D eigenvalue weighted by Crippen LogP contribution is -2.39. The van der Waals surface area contributed by atoms with Gasteiger partial charge in [0, 0.05) is 16.7 Å². The second kappa shape index (κ2) is 4.65. The molecule has 0 bridgehead atoms. The number of nitrogens with zero attached hydrogens (tertiary/aromatic N) is 1. The molecule has 0 aliphatic carbocycles. The monoisotopic (exact) mass is 233 g/mol. The van der Waals surface area contributed by atoms with Crippen molar-refractivity contribution in [2.45, 2.75) is 38.7 Å². The molecular weight excluding hydrogens is 221 g/mol. The first-order valence-corrected chi connectivity index (χ1v) is 6.38. The summed E-state index contributed by atoms with van der Waals surface area (Å²) < 4.78 is 23.0. The largest absolute Gasteiger partial charge is 0.301 e. The van der Waals surface area contributed by atoms with E-state index in [1.54, 1.807) is 13.8 Å². The summed E-state index contributed by atoms with van der Waals surface area (Å²) in [6.45, 7) is 5.21. The Morgan fingerprint density at radius 2 is 1.83 bits per heavy atom. The Labute approximate surface area is 83.2 Å². The van der Waals surface area contributed by atoms with Gasteiger partial charge in [0.25, 0.3) is 0 Å². The van der Waals surface area contributed by atoms with Crippen molar-refractivity contribution in [3.63, 3.8) is 0 Å². The molecule has 12 heavy (non-hydrogen) atoms. The van der Waals surface area contributed by atoms with E-state index in [-0.39, 0.29) is 6.04 Å². The number of hydrogen-bond donors (Lipinski definition) is 0. The van der Waals surface area contributed by atoms with Gasteiger partial charge in [-0.2, -0.15) is 12.7 Å². The van der Waals surface area contributed by atoms with Crippen molar-refractivity contribution in [2.24, 2.45) is 0 Å². The van der Waals surface area contributed by atoms with Gasteiger partial charge in [-0.25, -0.2) is 0 Å².